The quantitative estimate of drug-likeness (QED) is 0.284. The second kappa shape index (κ2) is 11.9. The van der Waals surface area contributed by atoms with Gasteiger partial charge in [-0.15, -0.1) is 0 Å². The molecule has 0 saturated carbocycles. The molecule has 178 valence electrons. The Morgan fingerprint density at radius 3 is 3.00 bits per heavy atom. The van der Waals surface area contributed by atoms with Gasteiger partial charge in [-0.3, -0.25) is 4.98 Å². The van der Waals surface area contributed by atoms with Crippen molar-refractivity contribution < 1.29 is 18.7 Å². The predicted molar refractivity (Wildman–Crippen MR) is 131 cm³/mol. The molecule has 0 spiro atoms. The molecule has 33 heavy (non-hydrogen) atoms. The third-order valence-corrected chi connectivity index (χ3v) is 7.69. The van der Waals surface area contributed by atoms with Crippen molar-refractivity contribution in [2.45, 2.75) is 36.9 Å². The number of likely N-dealkylation sites (tertiary alicyclic amines) is 1. The van der Waals surface area contributed by atoms with Crippen LogP contribution in [0, 0.1) is 11.8 Å². The number of fused-ring (bicyclic) bond motifs is 1. The van der Waals surface area contributed by atoms with Crippen molar-refractivity contribution in [2.75, 3.05) is 39.1 Å². The van der Waals surface area contributed by atoms with Gasteiger partial charge in [0.25, 0.3) is 0 Å². The molecule has 4 rings (SSSR count). The van der Waals surface area contributed by atoms with E-state index in [1.807, 2.05) is 30.3 Å². The maximum absolute atomic E-state index is 15.3. The minimum Gasteiger partial charge on any atom is -0.497 e. The van der Waals surface area contributed by atoms with Crippen LogP contribution in [0.4, 0.5) is 4.39 Å². The molecule has 1 aliphatic rings. The summed E-state index contributed by atoms with van der Waals surface area (Å²) in [5.41, 5.74) is 1.45. The Kier molecular flexibility index (Phi) is 8.64. The first kappa shape index (κ1) is 24.0. The summed E-state index contributed by atoms with van der Waals surface area (Å²) < 4.78 is 26.0. The number of hydrogen-bond acceptors (Lipinski definition) is 6. The minimum atomic E-state index is -1.06. The summed E-state index contributed by atoms with van der Waals surface area (Å²) in [6.45, 7) is 3.08. The lowest BCUT2D eigenvalue weighted by atomic mass is 9.81. The summed E-state index contributed by atoms with van der Waals surface area (Å²) in [4.78, 5) is 6.80. The molecule has 1 saturated heterocycles. The van der Waals surface area contributed by atoms with Gasteiger partial charge >= 0.3 is 0 Å². The number of ether oxygens (including phenoxy) is 1. The highest BCUT2D eigenvalue weighted by atomic mass is 32.2. The maximum atomic E-state index is 15.3. The van der Waals surface area contributed by atoms with Gasteiger partial charge in [0.2, 0.25) is 0 Å². The highest BCUT2D eigenvalue weighted by molar-refractivity contribution is 7.99. The molecule has 1 unspecified atom stereocenters. The van der Waals surface area contributed by atoms with Crippen molar-refractivity contribution in [1.29, 1.82) is 0 Å². The number of benzene rings is 1. The van der Waals surface area contributed by atoms with Gasteiger partial charge in [0.1, 0.15) is 11.9 Å². The summed E-state index contributed by atoms with van der Waals surface area (Å²) in [5, 5.41) is 11.8. The van der Waals surface area contributed by atoms with Gasteiger partial charge in [-0.25, -0.2) is 4.39 Å². The fourth-order valence-corrected chi connectivity index (χ4v) is 5.59. The number of aliphatic hydroxyl groups excluding tert-OH is 1. The average Bonchev–Trinajstić information content (AvgIpc) is 3.38. The Labute approximate surface area is 199 Å². The Hall–Kier alpha value is -2.09. The van der Waals surface area contributed by atoms with Gasteiger partial charge in [-0.1, -0.05) is 11.8 Å². The number of aliphatic hydroxyl groups is 1. The molecule has 0 aliphatic carbocycles. The first-order valence-electron chi connectivity index (χ1n) is 11.7. The van der Waals surface area contributed by atoms with Crippen LogP contribution in [0.25, 0.3) is 10.9 Å². The first-order valence-corrected chi connectivity index (χ1v) is 12.7. The van der Waals surface area contributed by atoms with Crippen LogP contribution in [0.2, 0.25) is 0 Å². The summed E-state index contributed by atoms with van der Waals surface area (Å²) >= 11 is 1.74. The number of hydrogen-bond donors (Lipinski definition) is 1. The van der Waals surface area contributed by atoms with Crippen molar-refractivity contribution in [3.8, 4) is 5.75 Å². The number of thioether (sulfide) groups is 1. The van der Waals surface area contributed by atoms with Gasteiger partial charge in [0, 0.05) is 30.5 Å². The Morgan fingerprint density at radius 2 is 2.21 bits per heavy atom. The Bertz CT molecular complexity index is 1000. The van der Waals surface area contributed by atoms with E-state index in [0.717, 1.165) is 60.6 Å². The zero-order chi connectivity index (χ0) is 23.0. The van der Waals surface area contributed by atoms with Gasteiger partial charge < -0.3 is 19.2 Å². The molecule has 0 amide bonds. The molecule has 1 fully saturated rings. The average molecular weight is 473 g/mol. The van der Waals surface area contributed by atoms with Gasteiger partial charge in [0.05, 0.1) is 18.9 Å². The summed E-state index contributed by atoms with van der Waals surface area (Å²) in [6.07, 6.45) is 5.65. The van der Waals surface area contributed by atoms with Gasteiger partial charge in [-0.05, 0) is 92.6 Å². The minimum absolute atomic E-state index is 0.161. The number of nitrogens with zero attached hydrogens (tertiary/aromatic N) is 2. The molecule has 1 aliphatic heterocycles. The number of methoxy groups -OCH3 is 1. The SMILES string of the molecule is COc1ccc2nccc(C(F)CC[C@@H]3CCN(CCCSc4ccco4)C[C@@H]3CO)c2c1. The van der Waals surface area contributed by atoms with Crippen molar-refractivity contribution in [1.82, 2.24) is 9.88 Å². The van der Waals surface area contributed by atoms with Crippen molar-refractivity contribution in [2.24, 2.45) is 11.8 Å². The molecular weight excluding hydrogens is 439 g/mol. The van der Waals surface area contributed by atoms with Crippen molar-refractivity contribution >= 4 is 22.7 Å². The van der Waals surface area contributed by atoms with Crippen LogP contribution in [0.5, 0.6) is 5.75 Å². The largest absolute Gasteiger partial charge is 0.497 e. The number of furan rings is 1. The number of halogens is 1. The van der Waals surface area contributed by atoms with Crippen LogP contribution in [0.15, 0.2) is 58.4 Å². The van der Waals surface area contributed by atoms with E-state index in [9.17, 15) is 5.11 Å². The fourth-order valence-electron chi connectivity index (χ4n) is 4.82. The third-order valence-electron chi connectivity index (χ3n) is 6.68. The monoisotopic (exact) mass is 472 g/mol. The second-order valence-corrected chi connectivity index (χ2v) is 9.85. The van der Waals surface area contributed by atoms with E-state index in [0.29, 0.717) is 23.7 Å². The summed E-state index contributed by atoms with van der Waals surface area (Å²) in [5.74, 6) is 2.28. The van der Waals surface area contributed by atoms with E-state index in [-0.39, 0.29) is 12.5 Å². The van der Waals surface area contributed by atoms with Crippen LogP contribution in [0.3, 0.4) is 0 Å². The molecule has 3 heterocycles. The number of pyridine rings is 1. The van der Waals surface area contributed by atoms with E-state index in [2.05, 4.69) is 9.88 Å². The molecule has 1 N–H and O–H groups in total. The van der Waals surface area contributed by atoms with Crippen molar-refractivity contribution in [3.05, 3.63) is 54.4 Å². The molecule has 7 heteroatoms. The lowest BCUT2D eigenvalue weighted by molar-refractivity contribution is 0.0640. The zero-order valence-electron chi connectivity index (χ0n) is 19.2. The highest BCUT2D eigenvalue weighted by Crippen LogP contribution is 2.35. The van der Waals surface area contributed by atoms with Gasteiger partial charge in [0.15, 0.2) is 5.09 Å². The molecular formula is C26H33FN2O3S. The lowest BCUT2D eigenvalue weighted by Crippen LogP contribution is -2.42. The second-order valence-electron chi connectivity index (χ2n) is 8.75. The smallest absolute Gasteiger partial charge is 0.160 e. The molecule has 1 aromatic carbocycles. The summed E-state index contributed by atoms with van der Waals surface area (Å²) in [6, 6.07) is 11.3. The molecule has 2 aromatic heterocycles. The topological polar surface area (TPSA) is 58.7 Å². The van der Waals surface area contributed by atoms with E-state index in [1.165, 1.54) is 0 Å². The van der Waals surface area contributed by atoms with E-state index in [1.54, 1.807) is 37.4 Å². The van der Waals surface area contributed by atoms with E-state index < -0.39 is 6.17 Å². The molecule has 0 radical (unpaired) electrons. The lowest BCUT2D eigenvalue weighted by Gasteiger charge is -2.38. The first-order chi connectivity index (χ1) is 16.2. The standard InChI is InChI=1S/C26H33FN2O3S/c1-31-21-6-8-25-23(16-21)22(9-11-28-25)24(27)7-5-19-10-13-29(17-20(19)18-30)12-3-15-33-26-4-2-14-32-26/h2,4,6,8-9,11,14,16,19-20,24,30H,3,5,7,10,12-13,15,17-18H2,1H3/t19-,20-,24?/m1/s1. The van der Waals surface area contributed by atoms with Crippen LogP contribution in [0.1, 0.15) is 37.4 Å². The Morgan fingerprint density at radius 1 is 1.30 bits per heavy atom. The van der Waals surface area contributed by atoms with Crippen LogP contribution in [-0.2, 0) is 0 Å². The number of piperidine rings is 1. The van der Waals surface area contributed by atoms with Gasteiger partial charge in [-0.2, -0.15) is 0 Å². The fraction of sp³-hybridized carbons (Fsp3) is 0.500. The van der Waals surface area contributed by atoms with Crippen LogP contribution >= 0.6 is 11.8 Å². The molecule has 3 atom stereocenters. The van der Waals surface area contributed by atoms with E-state index >= 15 is 4.39 Å². The molecule has 3 aromatic rings. The number of rotatable bonds is 11. The van der Waals surface area contributed by atoms with Crippen LogP contribution < -0.4 is 4.74 Å². The number of aromatic nitrogens is 1. The third kappa shape index (κ3) is 6.28. The maximum Gasteiger partial charge on any atom is 0.160 e. The normalized spacial score (nSPS) is 20.2. The van der Waals surface area contributed by atoms with E-state index in [4.69, 9.17) is 9.15 Å². The molecule has 5 nitrogen and oxygen atoms in total. The summed E-state index contributed by atoms with van der Waals surface area (Å²) in [7, 11) is 1.61. The van der Waals surface area contributed by atoms with Crippen molar-refractivity contribution in [3.63, 3.8) is 0 Å². The number of alkyl halides is 1. The van der Waals surface area contributed by atoms with Crippen LogP contribution in [-0.4, -0.2) is 54.1 Å². The highest BCUT2D eigenvalue weighted by Gasteiger charge is 2.29. The Balaban J connectivity index is 1.27. The predicted octanol–water partition coefficient (Wildman–Crippen LogP) is 5.74. The molecule has 0 bridgehead atoms. The zero-order valence-corrected chi connectivity index (χ0v) is 20.0.